The molecule has 15 heteroatoms. The van der Waals surface area contributed by atoms with E-state index in [4.69, 9.17) is 9.72 Å². The van der Waals surface area contributed by atoms with Crippen LogP contribution in [0.1, 0.15) is 106 Å². The molecule has 5 N–H and O–H groups in total. The van der Waals surface area contributed by atoms with Gasteiger partial charge < -0.3 is 30.5 Å². The predicted octanol–water partition coefficient (Wildman–Crippen LogP) is 4.99. The average molecular weight is 793 g/mol. The van der Waals surface area contributed by atoms with E-state index < -0.39 is 0 Å². The molecule has 8 rings (SSSR count). The zero-order valence-electron chi connectivity index (χ0n) is 33.8. The molecule has 15 nitrogen and oxygen atoms in total. The van der Waals surface area contributed by atoms with Crippen molar-refractivity contribution in [3.05, 3.63) is 59.8 Å². The van der Waals surface area contributed by atoms with E-state index in [9.17, 15) is 19.2 Å². The first-order valence-electron chi connectivity index (χ1n) is 21.0. The van der Waals surface area contributed by atoms with E-state index in [1.165, 1.54) is 0 Å². The lowest BCUT2D eigenvalue weighted by atomic mass is 9.89. The minimum Gasteiger partial charge on any atom is -0.495 e. The molecule has 4 heterocycles. The van der Waals surface area contributed by atoms with Crippen LogP contribution >= 0.6 is 0 Å². The number of amides is 4. The highest BCUT2D eigenvalue weighted by atomic mass is 16.5. The number of fused-ring (bicyclic) bond motifs is 1. The van der Waals surface area contributed by atoms with E-state index in [0.29, 0.717) is 59.6 Å². The molecule has 4 fully saturated rings. The molecule has 308 valence electrons. The SMILES string of the molecule is COc1cc(C(=O)NN2CCC(NC3CCC(Nc4ccc(C5CCC(=O)NC5=O)cc4)CC3)CC2)ccc1Nc1ncc2c(n1)N(C1CCCC1)[C@H](C)C(=O)N2C. The van der Waals surface area contributed by atoms with Gasteiger partial charge in [0.25, 0.3) is 5.91 Å². The number of piperidine rings is 2. The normalized spacial score (nSPS) is 24.6. The molecule has 1 unspecified atom stereocenters. The number of hydrogen-bond acceptors (Lipinski definition) is 12. The molecule has 2 saturated heterocycles. The Labute approximate surface area is 340 Å². The number of ether oxygens (including phenoxy) is 1. The predicted molar refractivity (Wildman–Crippen MR) is 222 cm³/mol. The van der Waals surface area contributed by atoms with Crippen molar-refractivity contribution in [1.82, 2.24) is 31.0 Å². The molecular formula is C43H56N10O5. The Bertz CT molecular complexity index is 1990. The highest BCUT2D eigenvalue weighted by Gasteiger charge is 2.40. The second kappa shape index (κ2) is 17.3. The van der Waals surface area contributed by atoms with Gasteiger partial charge in [-0.2, -0.15) is 4.98 Å². The zero-order chi connectivity index (χ0) is 40.3. The number of nitrogens with one attached hydrogen (secondary N) is 5. The largest absolute Gasteiger partial charge is 0.495 e. The summed E-state index contributed by atoms with van der Waals surface area (Å²) in [6.45, 7) is 3.47. The minimum atomic E-state index is -0.306. The Hall–Kier alpha value is -5.28. The standard InChI is InChI=1S/C43H56N10O5/c1-26-42(57)51(2)36-25-44-43(49-39(36)53(26)33-6-4-5-7-33)47-35-18-10-28(24-37(35)58-3)40(55)50-52-22-20-32(21-23-52)46-31-15-13-30(14-16-31)45-29-11-8-27(9-12-29)34-17-19-38(54)48-41(34)56/h8-12,18,24-26,30-34,45-46H,4-7,13-17,19-23H2,1-3H3,(H,50,55)(H,44,47,49)(H,48,54,56)/t26-,30?,31?,34?/m1/s1. The number of benzene rings is 2. The number of nitrogens with zero attached hydrogens (tertiary/aromatic N) is 5. The number of hydrazine groups is 1. The van der Waals surface area contributed by atoms with Crippen LogP contribution in [0.25, 0.3) is 0 Å². The molecule has 0 bridgehead atoms. The number of imide groups is 1. The summed E-state index contributed by atoms with van der Waals surface area (Å²) in [6, 6.07) is 14.6. The van der Waals surface area contributed by atoms with Crippen molar-refractivity contribution in [2.45, 2.75) is 120 Å². The minimum absolute atomic E-state index is 0.0408. The van der Waals surface area contributed by atoms with Crippen molar-refractivity contribution >= 4 is 52.5 Å². The van der Waals surface area contributed by atoms with Gasteiger partial charge in [-0.05, 0) is 101 Å². The van der Waals surface area contributed by atoms with Gasteiger partial charge in [-0.25, -0.2) is 9.99 Å². The first-order valence-corrected chi connectivity index (χ1v) is 21.0. The second-order valence-corrected chi connectivity index (χ2v) is 16.5. The number of anilines is 5. The molecule has 0 spiro atoms. The van der Waals surface area contributed by atoms with Gasteiger partial charge in [0.2, 0.25) is 23.7 Å². The van der Waals surface area contributed by atoms with Gasteiger partial charge in [-0.3, -0.25) is 29.9 Å². The van der Waals surface area contributed by atoms with Crippen molar-refractivity contribution in [3.8, 4) is 5.75 Å². The van der Waals surface area contributed by atoms with E-state index in [2.05, 4.69) is 36.6 Å². The lowest BCUT2D eigenvalue weighted by molar-refractivity contribution is -0.134. The number of carbonyl (C=O) groups excluding carboxylic acids is 4. The van der Waals surface area contributed by atoms with Crippen LogP contribution in [0, 0.1) is 0 Å². The van der Waals surface area contributed by atoms with Crippen molar-refractivity contribution in [2.75, 3.05) is 47.7 Å². The van der Waals surface area contributed by atoms with Crippen LogP contribution in [0.3, 0.4) is 0 Å². The molecule has 4 amide bonds. The Morgan fingerprint density at radius 1 is 0.879 bits per heavy atom. The Morgan fingerprint density at radius 3 is 2.29 bits per heavy atom. The summed E-state index contributed by atoms with van der Waals surface area (Å²) in [6.07, 6.45) is 13.3. The number of hydrogen-bond donors (Lipinski definition) is 5. The van der Waals surface area contributed by atoms with Crippen molar-refractivity contribution in [2.24, 2.45) is 0 Å². The van der Waals surface area contributed by atoms with Crippen LogP contribution in [0.5, 0.6) is 5.75 Å². The fraction of sp³-hybridized carbons (Fsp3) is 0.535. The average Bonchev–Trinajstić information content (AvgIpc) is 3.77. The summed E-state index contributed by atoms with van der Waals surface area (Å²) in [5.41, 5.74) is 6.93. The Morgan fingerprint density at radius 2 is 1.59 bits per heavy atom. The third-order valence-corrected chi connectivity index (χ3v) is 12.8. The lowest BCUT2D eigenvalue weighted by Gasteiger charge is -2.42. The topological polar surface area (TPSA) is 173 Å². The van der Waals surface area contributed by atoms with Crippen LogP contribution < -0.4 is 41.2 Å². The van der Waals surface area contributed by atoms with E-state index in [-0.39, 0.29) is 41.6 Å². The third kappa shape index (κ3) is 8.60. The van der Waals surface area contributed by atoms with Gasteiger partial charge >= 0.3 is 0 Å². The summed E-state index contributed by atoms with van der Waals surface area (Å²) in [7, 11) is 3.35. The van der Waals surface area contributed by atoms with Gasteiger partial charge in [0, 0.05) is 62.0 Å². The van der Waals surface area contributed by atoms with Gasteiger partial charge in [0.1, 0.15) is 17.5 Å². The fourth-order valence-electron chi connectivity index (χ4n) is 9.45. The van der Waals surface area contributed by atoms with E-state index in [1.807, 2.05) is 42.3 Å². The molecular weight excluding hydrogens is 737 g/mol. The maximum absolute atomic E-state index is 13.4. The Kier molecular flexibility index (Phi) is 11.8. The number of methoxy groups -OCH3 is 1. The molecule has 2 atom stereocenters. The summed E-state index contributed by atoms with van der Waals surface area (Å²) in [4.78, 5) is 63.5. The molecule has 58 heavy (non-hydrogen) atoms. The molecule has 5 aliphatic rings. The van der Waals surface area contributed by atoms with E-state index >= 15 is 0 Å². The highest BCUT2D eigenvalue weighted by Crippen LogP contribution is 2.40. The first-order chi connectivity index (χ1) is 28.1. The van der Waals surface area contributed by atoms with Gasteiger partial charge in [-0.15, -0.1) is 0 Å². The van der Waals surface area contributed by atoms with Crippen molar-refractivity contribution < 1.29 is 23.9 Å². The smallest absolute Gasteiger partial charge is 0.265 e. The third-order valence-electron chi connectivity index (χ3n) is 12.8. The van der Waals surface area contributed by atoms with Crippen molar-refractivity contribution in [3.63, 3.8) is 0 Å². The van der Waals surface area contributed by atoms with Crippen LogP contribution in [0.4, 0.5) is 28.8 Å². The fourth-order valence-corrected chi connectivity index (χ4v) is 9.45. The maximum atomic E-state index is 13.4. The summed E-state index contributed by atoms with van der Waals surface area (Å²) in [5, 5.41) is 15.3. The molecule has 3 aromatic rings. The van der Waals surface area contributed by atoms with Gasteiger partial charge in [0.05, 0.1) is 24.9 Å². The molecule has 3 aliphatic heterocycles. The molecule has 1 aromatic heterocycles. The Balaban J connectivity index is 0.789. The first kappa shape index (κ1) is 39.5. The number of likely N-dealkylation sites (N-methyl/N-ethyl adjacent to an activating group) is 1. The second-order valence-electron chi connectivity index (χ2n) is 16.5. The van der Waals surface area contributed by atoms with Crippen LogP contribution in [0.2, 0.25) is 0 Å². The van der Waals surface area contributed by atoms with Crippen molar-refractivity contribution in [1.29, 1.82) is 0 Å². The monoisotopic (exact) mass is 792 g/mol. The van der Waals surface area contributed by atoms with Gasteiger partial charge in [-0.1, -0.05) is 25.0 Å². The zero-order valence-corrected chi connectivity index (χ0v) is 33.8. The number of rotatable bonds is 11. The lowest BCUT2D eigenvalue weighted by Crippen LogP contribution is -2.54. The number of aromatic nitrogens is 2. The van der Waals surface area contributed by atoms with E-state index in [0.717, 1.165) is 94.4 Å². The van der Waals surface area contributed by atoms with Crippen LogP contribution in [-0.2, 0) is 14.4 Å². The van der Waals surface area contributed by atoms with E-state index in [1.54, 1.807) is 37.4 Å². The van der Waals surface area contributed by atoms with Crippen LogP contribution in [-0.4, -0.2) is 96.1 Å². The highest BCUT2D eigenvalue weighted by molar-refractivity contribution is 6.04. The maximum Gasteiger partial charge on any atom is 0.265 e. The molecule has 2 aliphatic carbocycles. The molecule has 2 saturated carbocycles. The van der Waals surface area contributed by atoms with Gasteiger partial charge in [0.15, 0.2) is 5.82 Å². The summed E-state index contributed by atoms with van der Waals surface area (Å²) < 4.78 is 5.71. The molecule has 0 radical (unpaired) electrons. The summed E-state index contributed by atoms with van der Waals surface area (Å²) in [5.74, 6) is 0.836. The quantitative estimate of drug-likeness (QED) is 0.165. The number of carbonyl (C=O) groups is 4. The molecule has 2 aromatic carbocycles. The van der Waals surface area contributed by atoms with Crippen LogP contribution in [0.15, 0.2) is 48.7 Å². The summed E-state index contributed by atoms with van der Waals surface area (Å²) >= 11 is 0.